The number of fused-ring (bicyclic) bond motifs is 2. The lowest BCUT2D eigenvalue weighted by Gasteiger charge is -2.20. The van der Waals surface area contributed by atoms with Gasteiger partial charge in [0, 0.05) is 39.3 Å². The Morgan fingerprint density at radius 3 is 2.79 bits per heavy atom. The first kappa shape index (κ1) is 21.9. The van der Waals surface area contributed by atoms with Crippen LogP contribution < -0.4 is 0 Å². The third-order valence-corrected chi connectivity index (χ3v) is 6.99. The molecule has 5 rings (SSSR count). The molecule has 3 aromatic rings. The Morgan fingerprint density at radius 2 is 2.00 bits per heavy atom. The van der Waals surface area contributed by atoms with Gasteiger partial charge in [-0.25, -0.2) is 0 Å². The van der Waals surface area contributed by atoms with E-state index in [-0.39, 0.29) is 11.4 Å². The molecule has 0 saturated carbocycles. The monoisotopic (exact) mass is 495 g/mol. The molecule has 166 valence electrons. The first-order chi connectivity index (χ1) is 15.9. The van der Waals surface area contributed by atoms with Crippen LogP contribution >= 0.6 is 35.0 Å². The number of aromatic nitrogens is 1. The van der Waals surface area contributed by atoms with Gasteiger partial charge < -0.3 is 4.57 Å². The standard InChI is InChI=1S/C24H19Cl2N5OS/c1-2-5-21-29-31-22(27)18(23(32)28-24(31)33-21)10-15-13-30(20-7-4-3-6-17(15)20)12-14-8-9-16(25)11-19(14)26/h3-4,6-11,13,27H,2,5,12H2,1H3/b18-10+,27-22?. The minimum absolute atomic E-state index is 0.0428. The Bertz CT molecular complexity index is 1410. The van der Waals surface area contributed by atoms with E-state index in [0.717, 1.165) is 39.9 Å². The minimum Gasteiger partial charge on any atom is -0.342 e. The summed E-state index contributed by atoms with van der Waals surface area (Å²) in [6.45, 7) is 2.61. The number of nitrogens with one attached hydrogen (secondary N) is 1. The molecule has 1 N–H and O–H groups in total. The highest BCUT2D eigenvalue weighted by molar-refractivity contribution is 8.26. The predicted molar refractivity (Wildman–Crippen MR) is 137 cm³/mol. The number of rotatable bonds is 5. The van der Waals surface area contributed by atoms with E-state index >= 15 is 0 Å². The molecule has 0 radical (unpaired) electrons. The highest BCUT2D eigenvalue weighted by atomic mass is 35.5. The molecule has 0 saturated heterocycles. The van der Waals surface area contributed by atoms with Gasteiger partial charge in [-0.3, -0.25) is 10.2 Å². The molecule has 0 spiro atoms. The number of halogens is 2. The third kappa shape index (κ3) is 4.12. The number of aliphatic imine (C=N–C) groups is 1. The first-order valence-electron chi connectivity index (χ1n) is 10.5. The summed E-state index contributed by atoms with van der Waals surface area (Å²) in [4.78, 5) is 17.0. The van der Waals surface area contributed by atoms with Gasteiger partial charge in [0.2, 0.25) is 5.17 Å². The van der Waals surface area contributed by atoms with Gasteiger partial charge in [0.25, 0.3) is 5.91 Å². The molecule has 1 aromatic heterocycles. The molecule has 2 aromatic carbocycles. The van der Waals surface area contributed by atoms with Crippen LogP contribution in [0.3, 0.4) is 0 Å². The maximum Gasteiger partial charge on any atom is 0.283 e. The van der Waals surface area contributed by atoms with Gasteiger partial charge in [0.15, 0.2) is 5.84 Å². The zero-order chi connectivity index (χ0) is 23.1. The number of carbonyl (C=O) groups excluding carboxylic acids is 1. The van der Waals surface area contributed by atoms with Crippen LogP contribution in [0, 0.1) is 5.41 Å². The fourth-order valence-electron chi connectivity index (χ4n) is 3.86. The maximum atomic E-state index is 12.8. The second-order valence-electron chi connectivity index (χ2n) is 7.73. The highest BCUT2D eigenvalue weighted by Gasteiger charge is 2.35. The summed E-state index contributed by atoms with van der Waals surface area (Å²) in [5.41, 5.74) is 2.97. The Labute approximate surface area is 205 Å². The van der Waals surface area contributed by atoms with Crippen LogP contribution in [0.15, 0.2) is 64.3 Å². The van der Waals surface area contributed by atoms with Crippen molar-refractivity contribution in [3.05, 3.63) is 75.4 Å². The van der Waals surface area contributed by atoms with E-state index in [9.17, 15) is 4.79 Å². The largest absolute Gasteiger partial charge is 0.342 e. The highest BCUT2D eigenvalue weighted by Crippen LogP contribution is 2.32. The Morgan fingerprint density at radius 1 is 1.18 bits per heavy atom. The fraction of sp³-hybridized carbons (Fsp3) is 0.167. The number of benzene rings is 2. The van der Waals surface area contributed by atoms with Crippen LogP contribution in [0.5, 0.6) is 0 Å². The van der Waals surface area contributed by atoms with Gasteiger partial charge in [0.1, 0.15) is 5.04 Å². The lowest BCUT2D eigenvalue weighted by atomic mass is 10.1. The molecule has 2 aliphatic rings. The number of nitrogens with zero attached hydrogens (tertiary/aromatic N) is 4. The summed E-state index contributed by atoms with van der Waals surface area (Å²) in [6, 6.07) is 13.4. The number of thioether (sulfide) groups is 1. The Kier molecular flexibility index (Phi) is 5.86. The van der Waals surface area contributed by atoms with Crippen molar-refractivity contribution in [1.29, 1.82) is 5.41 Å². The Hall–Kier alpha value is -2.87. The van der Waals surface area contributed by atoms with Gasteiger partial charge >= 0.3 is 0 Å². The van der Waals surface area contributed by atoms with Crippen LogP contribution in [0.2, 0.25) is 10.0 Å². The molecule has 0 aliphatic carbocycles. The van der Waals surface area contributed by atoms with Crippen molar-refractivity contribution in [3.63, 3.8) is 0 Å². The van der Waals surface area contributed by atoms with Crippen molar-refractivity contribution in [2.24, 2.45) is 10.1 Å². The minimum atomic E-state index is -0.427. The number of hydrogen-bond donors (Lipinski definition) is 1. The molecule has 33 heavy (non-hydrogen) atoms. The molecule has 0 unspecified atom stereocenters. The molecule has 0 fully saturated rings. The number of amides is 1. The van der Waals surface area contributed by atoms with Crippen LogP contribution in [-0.2, 0) is 11.3 Å². The molecule has 2 aliphatic heterocycles. The fourth-order valence-corrected chi connectivity index (χ4v) is 5.31. The maximum absolute atomic E-state index is 12.8. The Balaban J connectivity index is 1.54. The van der Waals surface area contributed by atoms with E-state index in [1.165, 1.54) is 16.8 Å². The first-order valence-corrected chi connectivity index (χ1v) is 12.0. The van der Waals surface area contributed by atoms with Gasteiger partial charge in [-0.2, -0.15) is 15.1 Å². The average Bonchev–Trinajstić information content (AvgIpc) is 3.35. The van der Waals surface area contributed by atoms with E-state index in [1.54, 1.807) is 12.1 Å². The van der Waals surface area contributed by atoms with Gasteiger partial charge in [-0.15, -0.1) is 0 Å². The van der Waals surface area contributed by atoms with Crippen molar-refractivity contribution in [2.75, 3.05) is 0 Å². The van der Waals surface area contributed by atoms with Crippen LogP contribution in [0.1, 0.15) is 30.9 Å². The van der Waals surface area contributed by atoms with Crippen molar-refractivity contribution in [1.82, 2.24) is 9.58 Å². The SMILES string of the molecule is CCCC1=NN2C(=N)/C(=C\c3cn(Cc4ccc(Cl)cc4Cl)c4ccccc34)C(=O)N=C2S1. The molecule has 1 amide bonds. The summed E-state index contributed by atoms with van der Waals surface area (Å²) in [5.74, 6) is -0.384. The lowest BCUT2D eigenvalue weighted by molar-refractivity contribution is -0.114. The molecular formula is C24H19Cl2N5OS. The summed E-state index contributed by atoms with van der Waals surface area (Å²) in [5, 5.41) is 18.0. The van der Waals surface area contributed by atoms with Crippen molar-refractivity contribution in [3.8, 4) is 0 Å². The van der Waals surface area contributed by atoms with E-state index in [0.29, 0.717) is 21.8 Å². The molecule has 3 heterocycles. The summed E-state index contributed by atoms with van der Waals surface area (Å²) in [6.07, 6.45) is 5.42. The third-order valence-electron chi connectivity index (χ3n) is 5.44. The van der Waals surface area contributed by atoms with E-state index < -0.39 is 5.91 Å². The molecule has 0 atom stereocenters. The van der Waals surface area contributed by atoms with E-state index in [4.69, 9.17) is 28.6 Å². The van der Waals surface area contributed by atoms with Gasteiger partial charge in [0.05, 0.1) is 5.57 Å². The number of hydrazone groups is 1. The molecule has 6 nitrogen and oxygen atoms in total. The lowest BCUT2D eigenvalue weighted by Crippen LogP contribution is -2.35. The second-order valence-corrected chi connectivity index (χ2v) is 9.61. The summed E-state index contributed by atoms with van der Waals surface area (Å²) in [7, 11) is 0. The topological polar surface area (TPSA) is 73.8 Å². The molecular weight excluding hydrogens is 477 g/mol. The van der Waals surface area contributed by atoms with Gasteiger partial charge in [-0.1, -0.05) is 54.4 Å². The van der Waals surface area contributed by atoms with Crippen LogP contribution in [0.4, 0.5) is 0 Å². The van der Waals surface area contributed by atoms with Crippen molar-refractivity contribution >= 4 is 73.9 Å². The zero-order valence-electron chi connectivity index (χ0n) is 17.7. The van der Waals surface area contributed by atoms with Crippen molar-refractivity contribution < 1.29 is 4.79 Å². The van der Waals surface area contributed by atoms with Gasteiger partial charge in [-0.05, 0) is 54.4 Å². The molecule has 9 heteroatoms. The van der Waals surface area contributed by atoms with Crippen molar-refractivity contribution in [2.45, 2.75) is 26.3 Å². The summed E-state index contributed by atoms with van der Waals surface area (Å²) < 4.78 is 2.08. The van der Waals surface area contributed by atoms with Crippen LogP contribution in [-0.4, -0.2) is 31.5 Å². The average molecular weight is 496 g/mol. The predicted octanol–water partition coefficient (Wildman–Crippen LogP) is 6.42. The number of hydrogen-bond acceptors (Lipinski definition) is 4. The number of carbonyl (C=O) groups is 1. The van der Waals surface area contributed by atoms with Crippen LogP contribution in [0.25, 0.3) is 17.0 Å². The zero-order valence-corrected chi connectivity index (χ0v) is 20.0. The summed E-state index contributed by atoms with van der Waals surface area (Å²) >= 11 is 13.8. The number of amidine groups is 2. The van der Waals surface area contributed by atoms with E-state index in [2.05, 4.69) is 21.6 Å². The second kappa shape index (κ2) is 8.82. The van der Waals surface area contributed by atoms with E-state index in [1.807, 2.05) is 42.6 Å². The quantitative estimate of drug-likeness (QED) is 0.415. The normalized spacial score (nSPS) is 17.1. The smallest absolute Gasteiger partial charge is 0.283 e. The molecule has 0 bridgehead atoms. The number of para-hydroxylation sites is 1.